The third-order valence-electron chi connectivity index (χ3n) is 3.74. The molecule has 0 bridgehead atoms. The van der Waals surface area contributed by atoms with Gasteiger partial charge in [0.2, 0.25) is 0 Å². The molecule has 1 aromatic heterocycles. The number of rotatable bonds is 7. The fourth-order valence-electron chi connectivity index (χ4n) is 2.22. The Morgan fingerprint density at radius 1 is 1.19 bits per heavy atom. The number of para-hydroxylation sites is 1. The number of nitrogens with one attached hydrogen (secondary N) is 1. The lowest BCUT2D eigenvalue weighted by Gasteiger charge is -2.19. The molecule has 0 atom stereocenters. The highest BCUT2D eigenvalue weighted by Gasteiger charge is 2.22. The van der Waals surface area contributed by atoms with Gasteiger partial charge in [0, 0.05) is 19.3 Å². The van der Waals surface area contributed by atoms with Crippen LogP contribution in [-0.4, -0.2) is 45.3 Å². The maximum absolute atomic E-state index is 12.5. The second-order valence-corrected chi connectivity index (χ2v) is 8.73. The van der Waals surface area contributed by atoms with Gasteiger partial charge < -0.3 is 14.6 Å². The number of anilines is 1. The monoisotopic (exact) mass is 442 g/mol. The van der Waals surface area contributed by atoms with Gasteiger partial charge in [0.15, 0.2) is 20.3 Å². The molecule has 2 amide bonds. The van der Waals surface area contributed by atoms with Crippen LogP contribution in [0.15, 0.2) is 45.5 Å². The van der Waals surface area contributed by atoms with Crippen LogP contribution in [0.4, 0.5) is 5.69 Å². The average Bonchev–Trinajstić information content (AvgIpc) is 3.06. The van der Waals surface area contributed by atoms with E-state index in [1.54, 1.807) is 37.3 Å². The molecule has 0 aliphatic rings. The van der Waals surface area contributed by atoms with Crippen molar-refractivity contribution in [3.05, 3.63) is 52.4 Å². The molecule has 7 nitrogen and oxygen atoms in total. The van der Waals surface area contributed by atoms with Gasteiger partial charge in [-0.05, 0) is 40.2 Å². The number of amides is 2. The van der Waals surface area contributed by atoms with Crippen molar-refractivity contribution in [3.63, 3.8) is 0 Å². The molecule has 1 aromatic carbocycles. The maximum atomic E-state index is 12.5. The third kappa shape index (κ3) is 4.95. The number of nitrogens with zero attached hydrogens (tertiary/aromatic N) is 1. The van der Waals surface area contributed by atoms with Gasteiger partial charge in [-0.25, -0.2) is 8.42 Å². The molecular formula is C17H19BrN2O5S. The summed E-state index contributed by atoms with van der Waals surface area (Å²) in [4.78, 5) is 26.3. The van der Waals surface area contributed by atoms with E-state index in [-0.39, 0.29) is 29.4 Å². The SMILES string of the molecule is CCS(=O)(=O)CCNC(=O)c1ccccc1N(C)C(=O)c1ccc(Br)o1. The van der Waals surface area contributed by atoms with E-state index in [1.807, 2.05) is 0 Å². The standard InChI is InChI=1S/C17H19BrN2O5S/c1-3-26(23,24)11-10-19-16(21)12-6-4-5-7-13(12)20(2)17(22)14-8-9-15(18)25-14/h4-9H,3,10-11H2,1-2H3,(H,19,21). The number of hydrogen-bond donors (Lipinski definition) is 1. The van der Waals surface area contributed by atoms with Crippen LogP contribution in [0.25, 0.3) is 0 Å². The second kappa shape index (κ2) is 8.50. The van der Waals surface area contributed by atoms with Crippen molar-refractivity contribution >= 4 is 43.3 Å². The number of benzene rings is 1. The maximum Gasteiger partial charge on any atom is 0.293 e. The van der Waals surface area contributed by atoms with E-state index in [4.69, 9.17) is 4.42 Å². The van der Waals surface area contributed by atoms with Crippen molar-refractivity contribution in [1.29, 1.82) is 0 Å². The van der Waals surface area contributed by atoms with E-state index in [0.717, 1.165) is 0 Å². The van der Waals surface area contributed by atoms with Crippen LogP contribution in [0.5, 0.6) is 0 Å². The lowest BCUT2D eigenvalue weighted by atomic mass is 10.1. The molecule has 0 unspecified atom stereocenters. The zero-order chi connectivity index (χ0) is 19.3. The van der Waals surface area contributed by atoms with Crippen molar-refractivity contribution in [2.75, 3.05) is 30.0 Å². The van der Waals surface area contributed by atoms with Crippen molar-refractivity contribution in [1.82, 2.24) is 5.32 Å². The lowest BCUT2D eigenvalue weighted by Crippen LogP contribution is -2.32. The molecule has 9 heteroatoms. The summed E-state index contributed by atoms with van der Waals surface area (Å²) in [6.45, 7) is 1.56. The van der Waals surface area contributed by atoms with Gasteiger partial charge in [-0.3, -0.25) is 9.59 Å². The molecular weight excluding hydrogens is 424 g/mol. The molecule has 26 heavy (non-hydrogen) atoms. The molecule has 0 fully saturated rings. The van der Waals surface area contributed by atoms with Gasteiger partial charge in [0.1, 0.15) is 0 Å². The Morgan fingerprint density at radius 3 is 2.50 bits per heavy atom. The molecule has 0 radical (unpaired) electrons. The smallest absolute Gasteiger partial charge is 0.293 e. The molecule has 1 N–H and O–H groups in total. The highest BCUT2D eigenvalue weighted by Crippen LogP contribution is 2.23. The van der Waals surface area contributed by atoms with Crippen LogP contribution in [-0.2, 0) is 9.84 Å². The van der Waals surface area contributed by atoms with Gasteiger partial charge in [0.25, 0.3) is 11.8 Å². The van der Waals surface area contributed by atoms with E-state index in [9.17, 15) is 18.0 Å². The van der Waals surface area contributed by atoms with Crippen LogP contribution in [0.1, 0.15) is 27.8 Å². The van der Waals surface area contributed by atoms with E-state index in [1.165, 1.54) is 18.0 Å². The minimum Gasteiger partial charge on any atom is -0.444 e. The Hall–Kier alpha value is -2.13. The molecule has 140 valence electrons. The van der Waals surface area contributed by atoms with E-state index in [0.29, 0.717) is 10.4 Å². The van der Waals surface area contributed by atoms with Crippen LogP contribution in [0.3, 0.4) is 0 Å². The zero-order valence-corrected chi connectivity index (χ0v) is 16.8. The first kappa shape index (κ1) is 20.2. The van der Waals surface area contributed by atoms with E-state index < -0.39 is 21.7 Å². The summed E-state index contributed by atoms with van der Waals surface area (Å²) in [6, 6.07) is 9.71. The minimum atomic E-state index is -3.17. The van der Waals surface area contributed by atoms with Crippen LogP contribution >= 0.6 is 15.9 Å². The summed E-state index contributed by atoms with van der Waals surface area (Å²) in [7, 11) is -1.63. The Bertz CT molecular complexity index is 907. The van der Waals surface area contributed by atoms with Crippen LogP contribution < -0.4 is 10.2 Å². The average molecular weight is 443 g/mol. The summed E-state index contributed by atoms with van der Waals surface area (Å²) in [6.07, 6.45) is 0. The Labute approximate surface area is 160 Å². The quantitative estimate of drug-likeness (QED) is 0.710. The van der Waals surface area contributed by atoms with Gasteiger partial charge in [-0.2, -0.15) is 0 Å². The van der Waals surface area contributed by atoms with Crippen molar-refractivity contribution < 1.29 is 22.4 Å². The Kier molecular flexibility index (Phi) is 6.60. The van der Waals surface area contributed by atoms with Gasteiger partial charge >= 0.3 is 0 Å². The normalized spacial score (nSPS) is 11.2. The van der Waals surface area contributed by atoms with Crippen molar-refractivity contribution in [3.8, 4) is 0 Å². The Morgan fingerprint density at radius 2 is 1.88 bits per heavy atom. The topological polar surface area (TPSA) is 96.7 Å². The molecule has 0 spiro atoms. The number of hydrogen-bond acceptors (Lipinski definition) is 5. The number of halogens is 1. The number of furan rings is 1. The van der Waals surface area contributed by atoms with Gasteiger partial charge in [0.05, 0.1) is 17.0 Å². The predicted molar refractivity (Wildman–Crippen MR) is 102 cm³/mol. The van der Waals surface area contributed by atoms with Gasteiger partial charge in [-0.1, -0.05) is 19.1 Å². The molecule has 0 saturated carbocycles. The third-order valence-corrected chi connectivity index (χ3v) is 5.87. The molecule has 0 aliphatic carbocycles. The number of sulfone groups is 1. The first-order chi connectivity index (χ1) is 12.2. The second-order valence-electron chi connectivity index (χ2n) is 5.48. The summed E-state index contributed by atoms with van der Waals surface area (Å²) in [5, 5.41) is 2.58. The Balaban J connectivity index is 2.16. The minimum absolute atomic E-state index is 0.00608. The molecule has 2 aromatic rings. The fourth-order valence-corrected chi connectivity index (χ4v) is 3.23. The summed E-state index contributed by atoms with van der Waals surface area (Å²) >= 11 is 3.14. The molecule has 1 heterocycles. The highest BCUT2D eigenvalue weighted by molar-refractivity contribution is 9.10. The van der Waals surface area contributed by atoms with Gasteiger partial charge in [-0.15, -0.1) is 0 Å². The molecule has 0 aliphatic heterocycles. The first-order valence-electron chi connectivity index (χ1n) is 7.86. The van der Waals surface area contributed by atoms with E-state index >= 15 is 0 Å². The summed E-state index contributed by atoms with van der Waals surface area (Å²) in [5.74, 6) is -0.845. The van der Waals surface area contributed by atoms with Crippen LogP contribution in [0.2, 0.25) is 0 Å². The largest absolute Gasteiger partial charge is 0.444 e. The summed E-state index contributed by atoms with van der Waals surface area (Å²) in [5.41, 5.74) is 0.656. The predicted octanol–water partition coefficient (Wildman–Crippen LogP) is 2.48. The highest BCUT2D eigenvalue weighted by atomic mass is 79.9. The summed E-state index contributed by atoms with van der Waals surface area (Å²) < 4.78 is 28.7. The number of carbonyl (C=O) groups is 2. The van der Waals surface area contributed by atoms with E-state index in [2.05, 4.69) is 21.2 Å². The molecule has 0 saturated heterocycles. The fraction of sp³-hybridized carbons (Fsp3) is 0.294. The van der Waals surface area contributed by atoms with Crippen molar-refractivity contribution in [2.24, 2.45) is 0 Å². The van der Waals surface area contributed by atoms with Crippen molar-refractivity contribution in [2.45, 2.75) is 6.92 Å². The molecule has 2 rings (SSSR count). The lowest BCUT2D eigenvalue weighted by molar-refractivity contribution is 0.0956. The van der Waals surface area contributed by atoms with Crippen LogP contribution in [0, 0.1) is 0 Å². The first-order valence-corrected chi connectivity index (χ1v) is 10.5. The zero-order valence-electron chi connectivity index (χ0n) is 14.4. The number of carbonyl (C=O) groups excluding carboxylic acids is 2.